The molecule has 1 aromatic carbocycles. The Balaban J connectivity index is 1.53. The van der Waals surface area contributed by atoms with E-state index in [2.05, 4.69) is 20.2 Å². The highest BCUT2D eigenvalue weighted by Crippen LogP contribution is 2.25. The number of rotatable bonds is 9. The molecule has 0 atom stereocenters. The summed E-state index contributed by atoms with van der Waals surface area (Å²) in [5.74, 6) is 1.27. The minimum atomic E-state index is -0.609. The smallest absolute Gasteiger partial charge is 0.408 e. The van der Waals surface area contributed by atoms with Crippen LogP contribution in [0.15, 0.2) is 36.7 Å². The lowest BCUT2D eigenvalue weighted by Crippen LogP contribution is -2.40. The molecule has 0 bridgehead atoms. The molecule has 0 spiro atoms. The molecule has 9 heteroatoms. The van der Waals surface area contributed by atoms with Crippen molar-refractivity contribution >= 4 is 17.9 Å². The first-order valence-electron chi connectivity index (χ1n) is 12.5. The van der Waals surface area contributed by atoms with Crippen LogP contribution in [0.1, 0.15) is 45.6 Å². The largest absolute Gasteiger partial charge is 0.444 e. The fourth-order valence-electron chi connectivity index (χ4n) is 4.15. The van der Waals surface area contributed by atoms with Crippen LogP contribution < -0.4 is 10.2 Å². The number of amides is 2. The molecule has 1 fully saturated rings. The van der Waals surface area contributed by atoms with E-state index in [0.29, 0.717) is 12.5 Å². The van der Waals surface area contributed by atoms with Gasteiger partial charge in [0.2, 0.25) is 11.9 Å². The summed E-state index contributed by atoms with van der Waals surface area (Å²) in [4.78, 5) is 37.3. The van der Waals surface area contributed by atoms with Gasteiger partial charge in [0.25, 0.3) is 0 Å². The summed E-state index contributed by atoms with van der Waals surface area (Å²) in [6.07, 6.45) is 6.49. The Bertz CT molecular complexity index is 998. The summed E-state index contributed by atoms with van der Waals surface area (Å²) in [6.45, 7) is 8.38. The van der Waals surface area contributed by atoms with Gasteiger partial charge in [-0.25, -0.2) is 14.8 Å². The number of piperidine rings is 1. The first-order valence-corrected chi connectivity index (χ1v) is 12.5. The Morgan fingerprint density at radius 1 is 1.14 bits per heavy atom. The zero-order valence-corrected chi connectivity index (χ0v) is 22.1. The minimum absolute atomic E-state index is 0.121. The van der Waals surface area contributed by atoms with E-state index in [9.17, 15) is 9.59 Å². The first kappa shape index (κ1) is 27.4. The molecule has 2 amide bonds. The van der Waals surface area contributed by atoms with Crippen LogP contribution in [-0.4, -0.2) is 72.9 Å². The standard InChI is InChI=1S/C27H39N5O4/c1-27(2,3)36-26(34)30-18-24(33)31(4)19-21-7-6-8-22(15-21)23-16-28-25(29-17-23)32-12-9-20(10-13-32)11-14-35-5/h6-8,15-17,20H,9-14,18-19H2,1-5H3,(H,30,34). The van der Waals surface area contributed by atoms with Crippen LogP contribution in [-0.2, 0) is 20.8 Å². The van der Waals surface area contributed by atoms with Gasteiger partial charge in [-0.15, -0.1) is 0 Å². The SMILES string of the molecule is COCCC1CCN(c2ncc(-c3cccc(CN(C)C(=O)CNC(=O)OC(C)(C)C)c3)cn2)CC1. The zero-order valence-electron chi connectivity index (χ0n) is 22.1. The highest BCUT2D eigenvalue weighted by atomic mass is 16.6. The maximum atomic E-state index is 12.5. The lowest BCUT2D eigenvalue weighted by atomic mass is 9.94. The number of carbonyl (C=O) groups excluding carboxylic acids is 2. The van der Waals surface area contributed by atoms with E-state index in [1.54, 1.807) is 39.8 Å². The van der Waals surface area contributed by atoms with Crippen molar-refractivity contribution in [2.24, 2.45) is 5.92 Å². The molecule has 1 aliphatic rings. The molecule has 0 radical (unpaired) electrons. The summed E-state index contributed by atoms with van der Waals surface area (Å²) in [5, 5.41) is 2.51. The molecule has 1 N–H and O–H groups in total. The fraction of sp³-hybridized carbons (Fsp3) is 0.556. The van der Waals surface area contributed by atoms with Gasteiger partial charge in [0.1, 0.15) is 12.1 Å². The van der Waals surface area contributed by atoms with Gasteiger partial charge in [0.15, 0.2) is 0 Å². The van der Waals surface area contributed by atoms with Crippen molar-refractivity contribution in [1.29, 1.82) is 0 Å². The van der Waals surface area contributed by atoms with Crippen LogP contribution in [0.4, 0.5) is 10.7 Å². The molecule has 1 aromatic heterocycles. The number of methoxy groups -OCH3 is 1. The van der Waals surface area contributed by atoms with Crippen molar-refractivity contribution < 1.29 is 19.1 Å². The predicted octanol–water partition coefficient (Wildman–Crippen LogP) is 3.88. The molecule has 0 aliphatic carbocycles. The lowest BCUT2D eigenvalue weighted by Gasteiger charge is -2.31. The van der Waals surface area contributed by atoms with E-state index in [1.165, 1.54) is 0 Å². The van der Waals surface area contributed by atoms with Gasteiger partial charge in [-0.05, 0) is 63.1 Å². The van der Waals surface area contributed by atoms with Gasteiger partial charge in [-0.1, -0.05) is 18.2 Å². The summed E-state index contributed by atoms with van der Waals surface area (Å²) in [5.41, 5.74) is 2.28. The second-order valence-electron chi connectivity index (χ2n) is 10.3. The molecule has 1 saturated heterocycles. The van der Waals surface area contributed by atoms with Gasteiger partial charge in [0, 0.05) is 58.4 Å². The average Bonchev–Trinajstić information content (AvgIpc) is 2.85. The normalized spacial score (nSPS) is 14.4. The quantitative estimate of drug-likeness (QED) is 0.562. The Morgan fingerprint density at radius 3 is 2.47 bits per heavy atom. The van der Waals surface area contributed by atoms with Crippen LogP contribution in [0.2, 0.25) is 0 Å². The third-order valence-electron chi connectivity index (χ3n) is 6.15. The van der Waals surface area contributed by atoms with Gasteiger partial charge >= 0.3 is 6.09 Å². The molecule has 2 heterocycles. The van der Waals surface area contributed by atoms with Crippen molar-refractivity contribution in [2.75, 3.05) is 45.3 Å². The summed E-state index contributed by atoms with van der Waals surface area (Å²) in [7, 11) is 3.47. The Labute approximate surface area is 214 Å². The summed E-state index contributed by atoms with van der Waals surface area (Å²) < 4.78 is 10.4. The molecular weight excluding hydrogens is 458 g/mol. The van der Waals surface area contributed by atoms with Crippen molar-refractivity contribution in [1.82, 2.24) is 20.2 Å². The molecule has 196 valence electrons. The summed E-state index contributed by atoms with van der Waals surface area (Å²) in [6, 6.07) is 7.97. The molecule has 36 heavy (non-hydrogen) atoms. The third-order valence-corrected chi connectivity index (χ3v) is 6.15. The Hall–Kier alpha value is -3.20. The van der Waals surface area contributed by atoms with Gasteiger partial charge in [-0.3, -0.25) is 4.79 Å². The van der Waals surface area contributed by atoms with Crippen LogP contribution in [0.3, 0.4) is 0 Å². The van der Waals surface area contributed by atoms with E-state index >= 15 is 0 Å². The highest BCUT2D eigenvalue weighted by molar-refractivity contribution is 5.82. The monoisotopic (exact) mass is 497 g/mol. The molecule has 0 unspecified atom stereocenters. The molecule has 0 saturated carbocycles. The third kappa shape index (κ3) is 8.48. The average molecular weight is 498 g/mol. The van der Waals surface area contributed by atoms with Crippen LogP contribution >= 0.6 is 0 Å². The fourth-order valence-corrected chi connectivity index (χ4v) is 4.15. The van der Waals surface area contributed by atoms with Crippen molar-refractivity contribution in [3.63, 3.8) is 0 Å². The predicted molar refractivity (Wildman–Crippen MR) is 140 cm³/mol. The molecule has 3 rings (SSSR count). The number of anilines is 1. The number of benzene rings is 1. The zero-order chi connectivity index (χ0) is 26.1. The van der Waals surface area contributed by atoms with Crippen molar-refractivity contribution in [3.8, 4) is 11.1 Å². The van der Waals surface area contributed by atoms with E-state index in [1.807, 2.05) is 36.7 Å². The van der Waals surface area contributed by atoms with Gasteiger partial charge < -0.3 is 24.6 Å². The molecule has 2 aromatic rings. The Morgan fingerprint density at radius 2 is 1.83 bits per heavy atom. The second kappa shape index (κ2) is 12.7. The molecule has 1 aliphatic heterocycles. The van der Waals surface area contributed by atoms with Crippen LogP contribution in [0, 0.1) is 5.92 Å². The van der Waals surface area contributed by atoms with Gasteiger partial charge in [0.05, 0.1) is 0 Å². The maximum absolute atomic E-state index is 12.5. The lowest BCUT2D eigenvalue weighted by molar-refractivity contribution is -0.129. The topological polar surface area (TPSA) is 96.9 Å². The highest BCUT2D eigenvalue weighted by Gasteiger charge is 2.21. The first-order chi connectivity index (χ1) is 17.1. The van der Waals surface area contributed by atoms with Crippen LogP contribution in [0.5, 0.6) is 0 Å². The number of alkyl carbamates (subject to hydrolysis) is 1. The maximum Gasteiger partial charge on any atom is 0.408 e. The number of hydrogen-bond acceptors (Lipinski definition) is 7. The second-order valence-corrected chi connectivity index (χ2v) is 10.3. The molecular formula is C27H39N5O4. The van der Waals surface area contributed by atoms with E-state index < -0.39 is 11.7 Å². The van der Waals surface area contributed by atoms with E-state index in [-0.39, 0.29) is 12.5 Å². The van der Waals surface area contributed by atoms with Crippen molar-refractivity contribution in [3.05, 3.63) is 42.2 Å². The van der Waals surface area contributed by atoms with Crippen molar-refractivity contribution in [2.45, 2.75) is 52.2 Å². The summed E-state index contributed by atoms with van der Waals surface area (Å²) >= 11 is 0. The number of ether oxygens (including phenoxy) is 2. The minimum Gasteiger partial charge on any atom is -0.444 e. The van der Waals surface area contributed by atoms with Crippen LogP contribution in [0.25, 0.3) is 11.1 Å². The number of aromatic nitrogens is 2. The molecule has 9 nitrogen and oxygen atoms in total. The number of nitrogens with zero attached hydrogens (tertiary/aromatic N) is 4. The number of hydrogen-bond donors (Lipinski definition) is 1. The number of nitrogens with one attached hydrogen (secondary N) is 1. The van der Waals surface area contributed by atoms with Gasteiger partial charge in [-0.2, -0.15) is 0 Å². The van der Waals surface area contributed by atoms with E-state index in [4.69, 9.17) is 9.47 Å². The number of likely N-dealkylation sites (N-methyl/N-ethyl adjacent to an activating group) is 1. The Kier molecular flexibility index (Phi) is 9.64. The number of carbonyl (C=O) groups is 2. The van der Waals surface area contributed by atoms with E-state index in [0.717, 1.165) is 61.6 Å².